The molecule has 0 aliphatic heterocycles. The summed E-state index contributed by atoms with van der Waals surface area (Å²) in [5.41, 5.74) is 0. The van der Waals surface area contributed by atoms with E-state index in [-0.39, 0.29) is 0 Å². The third-order valence-electron chi connectivity index (χ3n) is 0.286. The van der Waals surface area contributed by atoms with E-state index in [0.717, 1.165) is 0 Å². The topological polar surface area (TPSA) is 23.8 Å². The summed E-state index contributed by atoms with van der Waals surface area (Å²) in [6.45, 7) is 4.95. The molecule has 9 heavy (non-hydrogen) atoms. The molecule has 0 atom stereocenters. The minimum absolute atomic E-state index is 1.33. The Morgan fingerprint density at radius 1 is 1.56 bits per heavy atom. The van der Waals surface area contributed by atoms with Crippen LogP contribution in [0.3, 0.4) is 0 Å². The summed E-state index contributed by atoms with van der Waals surface area (Å²) in [5, 5.41) is 8.47. The number of allylic oxidation sites excluding steroid dienone is 3. The molecule has 0 unspecified atom stereocenters. The van der Waals surface area contributed by atoms with Crippen LogP contribution in [-0.2, 0) is 27.9 Å². The van der Waals surface area contributed by atoms with Gasteiger partial charge in [-0.2, -0.15) is 0 Å². The maximum atomic E-state index is 7.13. The Bertz CT molecular complexity index is 124. The van der Waals surface area contributed by atoms with Crippen molar-refractivity contribution in [3.05, 3.63) is 24.8 Å². The van der Waals surface area contributed by atoms with Crippen molar-refractivity contribution in [2.45, 2.75) is 0 Å². The van der Waals surface area contributed by atoms with Gasteiger partial charge in [0, 0.05) is 0 Å². The molecule has 0 radical (unpaired) electrons. The third kappa shape index (κ3) is 35.6. The van der Waals surface area contributed by atoms with Gasteiger partial charge in [-0.25, -0.2) is 5.26 Å². The monoisotopic (exact) mass is 182 g/mol. The quantitative estimate of drug-likeness (QED) is 0.274. The first-order valence-electron chi connectivity index (χ1n) is 1.95. The van der Waals surface area contributed by atoms with Crippen LogP contribution in [-0.4, -0.2) is 4.96 Å². The fraction of sp³-hybridized carbons (Fsp3) is 0. The van der Waals surface area contributed by atoms with Gasteiger partial charge in [0.15, 0.2) is 0 Å². The fourth-order valence-electron chi connectivity index (χ4n) is 0.101. The Morgan fingerprint density at radius 2 is 2.00 bits per heavy atom. The van der Waals surface area contributed by atoms with Crippen molar-refractivity contribution < 1.29 is 15.3 Å². The van der Waals surface area contributed by atoms with Crippen LogP contribution in [0.5, 0.6) is 0 Å². The van der Waals surface area contributed by atoms with Crippen molar-refractivity contribution in [2.24, 2.45) is 0 Å². The molecule has 51 valence electrons. The summed E-state index contributed by atoms with van der Waals surface area (Å²) in [4.78, 5) is 1.61. The Balaban J connectivity index is 0. The minimum atomic E-state index is 1.33. The van der Waals surface area contributed by atoms with E-state index >= 15 is 0 Å². The van der Waals surface area contributed by atoms with Crippen molar-refractivity contribution in [3.8, 4) is 5.40 Å². The van der Waals surface area contributed by atoms with E-state index in [1.54, 1.807) is 17.1 Å². The second kappa shape index (κ2) is 15.6. The number of thiocyanates is 1. The second-order valence-corrected chi connectivity index (χ2v) is 1.31. The first-order chi connectivity index (χ1) is 4.33. The summed E-state index contributed by atoms with van der Waals surface area (Å²) in [6, 6.07) is 0. The number of nitrogens with zero attached hydrogens (tertiary/aromatic N) is 1. The van der Waals surface area contributed by atoms with Gasteiger partial charge in [0.25, 0.3) is 0 Å². The molecule has 0 aliphatic carbocycles. The van der Waals surface area contributed by atoms with E-state index in [1.807, 2.05) is 0 Å². The molecule has 0 aliphatic rings. The molecule has 0 saturated carbocycles. The van der Waals surface area contributed by atoms with Gasteiger partial charge >= 0.3 is 45.1 Å². The molecule has 3 heteroatoms. The normalized spacial score (nSPS) is 6.67. The zero-order valence-corrected chi connectivity index (χ0v) is 6.43. The molecule has 0 aromatic heterocycles. The second-order valence-electron chi connectivity index (χ2n) is 0.780. The maximum absolute atomic E-state index is 7.13. The van der Waals surface area contributed by atoms with Gasteiger partial charge in [0.2, 0.25) is 0 Å². The molecule has 0 rings (SSSR count). The van der Waals surface area contributed by atoms with Crippen molar-refractivity contribution >= 4 is 17.6 Å². The van der Waals surface area contributed by atoms with Crippen LogP contribution in [0.4, 0.5) is 0 Å². The molecule has 1 nitrogen and oxygen atoms in total. The fourth-order valence-corrected chi connectivity index (χ4v) is 0.217. The van der Waals surface area contributed by atoms with Gasteiger partial charge in [-0.1, -0.05) is 5.40 Å². The number of rotatable bonds is 2. The van der Waals surface area contributed by atoms with Gasteiger partial charge in [-0.3, -0.25) is 0 Å². The van der Waals surface area contributed by atoms with Gasteiger partial charge in [-0.05, 0) is 0 Å². The molecule has 0 aromatic carbocycles. The van der Waals surface area contributed by atoms with Crippen LogP contribution in [0, 0.1) is 17.2 Å². The van der Waals surface area contributed by atoms with Crippen LogP contribution >= 0.6 is 0 Å². The van der Waals surface area contributed by atoms with E-state index in [9.17, 15) is 0 Å². The Morgan fingerprint density at radius 3 is 2.11 bits per heavy atom. The molecular formula is C6H5CoNS-2. The van der Waals surface area contributed by atoms with Gasteiger partial charge in [0.05, 0.1) is 0 Å². The zero-order chi connectivity index (χ0) is 7.54. The molecule has 0 aromatic rings. The predicted molar refractivity (Wildman–Crippen MR) is 37.1 cm³/mol. The summed E-state index contributed by atoms with van der Waals surface area (Å²) >= 11 is 7.51. The SMILES string of the molecule is N#C[S-].[CH-]=C/C=C\[CH]=[Co]. The van der Waals surface area contributed by atoms with Crippen molar-refractivity contribution in [2.75, 3.05) is 0 Å². The van der Waals surface area contributed by atoms with Crippen LogP contribution in [0.2, 0.25) is 0 Å². The molecule has 0 saturated heterocycles. The van der Waals surface area contributed by atoms with Crippen molar-refractivity contribution in [1.29, 1.82) is 5.26 Å². The Hall–Kier alpha value is -0.434. The third-order valence-corrected chi connectivity index (χ3v) is 0.487. The average Bonchev–Trinajstić information content (AvgIpc) is 1.86. The molecule has 0 bridgehead atoms. The standard InChI is InChI=1S/C5H5.CHNS.Co/c1-3-5-4-2;2-1-3;/h1-5H;3H;/q-1;;/p-1/b5-3-;;. The number of hydrogen-bond donors (Lipinski definition) is 0. The van der Waals surface area contributed by atoms with E-state index in [0.29, 0.717) is 0 Å². The summed E-state index contributed by atoms with van der Waals surface area (Å²) in [5.74, 6) is 0. The molecular weight excluding hydrogens is 177 g/mol. The van der Waals surface area contributed by atoms with Crippen LogP contribution in [0.25, 0.3) is 0 Å². The number of nitriles is 1. The van der Waals surface area contributed by atoms with Gasteiger partial charge in [-0.15, -0.1) is 0 Å². The number of hydrogen-bond acceptors (Lipinski definition) is 2. The molecule has 0 spiro atoms. The summed E-state index contributed by atoms with van der Waals surface area (Å²) in [6.07, 6.45) is 4.89. The molecule has 0 amide bonds. The summed E-state index contributed by atoms with van der Waals surface area (Å²) < 4.78 is 0. The van der Waals surface area contributed by atoms with E-state index in [2.05, 4.69) is 27.9 Å². The predicted octanol–water partition coefficient (Wildman–Crippen LogP) is 0.895. The Labute approximate surface area is 68.6 Å². The first kappa shape index (κ1) is 11.4. The van der Waals surface area contributed by atoms with Crippen LogP contribution in [0.15, 0.2) is 18.2 Å². The molecule has 0 N–H and O–H groups in total. The first-order valence-corrected chi connectivity index (χ1v) is 2.96. The van der Waals surface area contributed by atoms with Crippen molar-refractivity contribution in [3.63, 3.8) is 0 Å². The van der Waals surface area contributed by atoms with Gasteiger partial charge in [0.1, 0.15) is 0 Å². The summed E-state index contributed by atoms with van der Waals surface area (Å²) in [7, 11) is 0. The molecule has 0 heterocycles. The van der Waals surface area contributed by atoms with Crippen LogP contribution < -0.4 is 0 Å². The van der Waals surface area contributed by atoms with Gasteiger partial charge < -0.3 is 12.6 Å². The average molecular weight is 182 g/mol. The van der Waals surface area contributed by atoms with E-state index < -0.39 is 0 Å². The Kier molecular flexibility index (Phi) is 19.8. The van der Waals surface area contributed by atoms with E-state index in [4.69, 9.17) is 11.8 Å². The zero-order valence-electron chi connectivity index (χ0n) is 4.58. The van der Waals surface area contributed by atoms with Crippen molar-refractivity contribution in [1.82, 2.24) is 0 Å². The van der Waals surface area contributed by atoms with Crippen LogP contribution in [0.1, 0.15) is 0 Å². The van der Waals surface area contributed by atoms with E-state index in [1.165, 1.54) is 11.5 Å². The molecule has 0 fully saturated rings.